The van der Waals surface area contributed by atoms with E-state index in [0.29, 0.717) is 24.0 Å². The second kappa shape index (κ2) is 7.33. The Hall–Kier alpha value is -1.98. The zero-order chi connectivity index (χ0) is 18.1. The number of hydrogen-bond acceptors (Lipinski definition) is 3. The molecule has 1 aromatic heterocycles. The van der Waals surface area contributed by atoms with Crippen molar-refractivity contribution in [3.05, 3.63) is 63.9 Å². The quantitative estimate of drug-likeness (QED) is 0.630. The molecule has 1 fully saturated rings. The lowest BCUT2D eigenvalue weighted by molar-refractivity contribution is -0.131. The Morgan fingerprint density at radius 3 is 2.69 bits per heavy atom. The van der Waals surface area contributed by atoms with Crippen LogP contribution < -0.4 is 0 Å². The zero-order valence-electron chi connectivity index (χ0n) is 14.1. The van der Waals surface area contributed by atoms with Crippen LogP contribution in [0.25, 0.3) is 10.2 Å². The Morgan fingerprint density at radius 2 is 1.96 bits per heavy atom. The third-order valence-corrected chi connectivity index (χ3v) is 6.45. The van der Waals surface area contributed by atoms with Crippen molar-refractivity contribution in [2.45, 2.75) is 25.2 Å². The maximum Gasteiger partial charge on any atom is 0.227 e. The van der Waals surface area contributed by atoms with Gasteiger partial charge in [0.15, 0.2) is 0 Å². The molecule has 0 aliphatic carbocycles. The maximum absolute atomic E-state index is 13.9. The first-order chi connectivity index (χ1) is 12.6. The number of halogens is 2. The first-order valence-electron chi connectivity index (χ1n) is 8.68. The van der Waals surface area contributed by atoms with E-state index < -0.39 is 5.82 Å². The monoisotopic (exact) mass is 388 g/mol. The average molecular weight is 389 g/mol. The fourth-order valence-electron chi connectivity index (χ4n) is 3.40. The Labute approximate surface area is 160 Å². The lowest BCUT2D eigenvalue weighted by Crippen LogP contribution is -2.38. The van der Waals surface area contributed by atoms with Crippen LogP contribution in [0.2, 0.25) is 5.02 Å². The Morgan fingerprint density at radius 1 is 1.19 bits per heavy atom. The van der Waals surface area contributed by atoms with Crippen molar-refractivity contribution in [2.75, 3.05) is 13.1 Å². The number of fused-ring (bicyclic) bond motifs is 1. The van der Waals surface area contributed by atoms with Gasteiger partial charge in [-0.15, -0.1) is 11.3 Å². The molecule has 2 heterocycles. The standard InChI is InChI=1S/C20H18ClFN2OS/c21-15-4-3-5-16(22)14(15)12-19(25)24-10-8-13(9-11-24)20-23-17-6-1-2-7-18(17)26-20/h1-7,13H,8-12H2. The van der Waals surface area contributed by atoms with Crippen molar-refractivity contribution in [2.24, 2.45) is 0 Å². The van der Waals surface area contributed by atoms with Gasteiger partial charge in [-0.2, -0.15) is 0 Å². The van der Waals surface area contributed by atoms with Gasteiger partial charge in [-0.1, -0.05) is 29.8 Å². The number of rotatable bonds is 3. The van der Waals surface area contributed by atoms with Crippen LogP contribution in [0.15, 0.2) is 42.5 Å². The third kappa shape index (κ3) is 3.46. The van der Waals surface area contributed by atoms with Crippen LogP contribution in [0.5, 0.6) is 0 Å². The van der Waals surface area contributed by atoms with E-state index in [-0.39, 0.29) is 17.9 Å². The number of likely N-dealkylation sites (tertiary alicyclic amines) is 1. The molecule has 0 N–H and O–H groups in total. The molecule has 0 radical (unpaired) electrons. The number of carbonyl (C=O) groups is 1. The molecule has 0 spiro atoms. The fourth-order valence-corrected chi connectivity index (χ4v) is 4.77. The Balaban J connectivity index is 1.40. The van der Waals surface area contributed by atoms with Crippen LogP contribution in [-0.4, -0.2) is 28.9 Å². The minimum absolute atomic E-state index is 0.0112. The van der Waals surface area contributed by atoms with Crippen molar-refractivity contribution in [3.63, 3.8) is 0 Å². The first-order valence-corrected chi connectivity index (χ1v) is 9.87. The van der Waals surface area contributed by atoms with Crippen LogP contribution in [0.3, 0.4) is 0 Å². The van der Waals surface area contributed by atoms with Crippen molar-refractivity contribution >= 4 is 39.1 Å². The zero-order valence-corrected chi connectivity index (χ0v) is 15.7. The molecule has 26 heavy (non-hydrogen) atoms. The van der Waals surface area contributed by atoms with Crippen LogP contribution in [0.4, 0.5) is 4.39 Å². The highest BCUT2D eigenvalue weighted by molar-refractivity contribution is 7.18. The molecule has 0 atom stereocenters. The molecule has 4 rings (SSSR count). The molecule has 1 aliphatic rings. The summed E-state index contributed by atoms with van der Waals surface area (Å²) in [6.07, 6.45) is 1.78. The van der Waals surface area contributed by atoms with Gasteiger partial charge in [0.05, 0.1) is 21.6 Å². The summed E-state index contributed by atoms with van der Waals surface area (Å²) in [4.78, 5) is 19.1. The molecule has 3 aromatic rings. The molecule has 1 aliphatic heterocycles. The third-order valence-electron chi connectivity index (χ3n) is 4.90. The number of amides is 1. The number of thiazole rings is 1. The van der Waals surface area contributed by atoms with Crippen LogP contribution in [0, 0.1) is 5.82 Å². The van der Waals surface area contributed by atoms with Gasteiger partial charge in [0.2, 0.25) is 5.91 Å². The summed E-state index contributed by atoms with van der Waals surface area (Å²) in [6, 6.07) is 12.7. The topological polar surface area (TPSA) is 33.2 Å². The van der Waals surface area contributed by atoms with Gasteiger partial charge in [0, 0.05) is 29.6 Å². The van der Waals surface area contributed by atoms with Crippen molar-refractivity contribution in [1.82, 2.24) is 9.88 Å². The minimum Gasteiger partial charge on any atom is -0.342 e. The van der Waals surface area contributed by atoms with Crippen molar-refractivity contribution in [3.8, 4) is 0 Å². The van der Waals surface area contributed by atoms with E-state index in [1.54, 1.807) is 23.5 Å². The predicted octanol–water partition coefficient (Wildman–Crippen LogP) is 5.04. The first kappa shape index (κ1) is 17.4. The molecule has 0 unspecified atom stereocenters. The van der Waals surface area contributed by atoms with Crippen molar-refractivity contribution < 1.29 is 9.18 Å². The number of aromatic nitrogens is 1. The molecule has 134 valence electrons. The summed E-state index contributed by atoms with van der Waals surface area (Å²) in [6.45, 7) is 1.34. The number of piperidine rings is 1. The average Bonchev–Trinajstić information content (AvgIpc) is 3.09. The number of carbonyl (C=O) groups excluding carboxylic acids is 1. The van der Waals surface area contributed by atoms with Crippen LogP contribution >= 0.6 is 22.9 Å². The molecule has 1 saturated heterocycles. The van der Waals surface area contributed by atoms with E-state index in [1.165, 1.54) is 10.8 Å². The van der Waals surface area contributed by atoms with Gasteiger partial charge < -0.3 is 4.90 Å². The van der Waals surface area contributed by atoms with Crippen LogP contribution in [-0.2, 0) is 11.2 Å². The van der Waals surface area contributed by atoms with Gasteiger partial charge in [0.1, 0.15) is 5.82 Å². The molecule has 6 heteroatoms. The maximum atomic E-state index is 13.9. The highest BCUT2D eigenvalue weighted by Crippen LogP contribution is 2.34. The van der Waals surface area contributed by atoms with E-state index in [4.69, 9.17) is 16.6 Å². The van der Waals surface area contributed by atoms with E-state index in [0.717, 1.165) is 23.4 Å². The highest BCUT2D eigenvalue weighted by Gasteiger charge is 2.26. The molecule has 3 nitrogen and oxygen atoms in total. The molecule has 0 bridgehead atoms. The second-order valence-electron chi connectivity index (χ2n) is 6.55. The van der Waals surface area contributed by atoms with Crippen molar-refractivity contribution in [1.29, 1.82) is 0 Å². The van der Waals surface area contributed by atoms with Gasteiger partial charge in [-0.05, 0) is 37.1 Å². The van der Waals surface area contributed by atoms with Gasteiger partial charge in [-0.3, -0.25) is 4.79 Å². The van der Waals surface area contributed by atoms with Crippen LogP contribution in [0.1, 0.15) is 29.3 Å². The summed E-state index contributed by atoms with van der Waals surface area (Å²) in [5, 5.41) is 1.46. The van der Waals surface area contributed by atoms with Gasteiger partial charge in [0.25, 0.3) is 0 Å². The van der Waals surface area contributed by atoms with E-state index >= 15 is 0 Å². The minimum atomic E-state index is -0.421. The SMILES string of the molecule is O=C(Cc1c(F)cccc1Cl)N1CCC(c2nc3ccccc3s2)CC1. The Bertz CT molecular complexity index is 897. The molecular weight excluding hydrogens is 371 g/mol. The Kier molecular flexibility index (Phi) is 4.92. The van der Waals surface area contributed by atoms with E-state index in [1.807, 2.05) is 23.1 Å². The largest absolute Gasteiger partial charge is 0.342 e. The number of nitrogens with zero attached hydrogens (tertiary/aromatic N) is 2. The highest BCUT2D eigenvalue weighted by atomic mass is 35.5. The fraction of sp³-hybridized carbons (Fsp3) is 0.300. The summed E-state index contributed by atoms with van der Waals surface area (Å²) < 4.78 is 15.1. The smallest absolute Gasteiger partial charge is 0.227 e. The summed E-state index contributed by atoms with van der Waals surface area (Å²) >= 11 is 7.78. The van der Waals surface area contributed by atoms with E-state index in [9.17, 15) is 9.18 Å². The van der Waals surface area contributed by atoms with Gasteiger partial charge >= 0.3 is 0 Å². The molecule has 2 aromatic carbocycles. The second-order valence-corrected chi connectivity index (χ2v) is 8.02. The lowest BCUT2D eigenvalue weighted by Gasteiger charge is -2.31. The summed E-state index contributed by atoms with van der Waals surface area (Å²) in [5.74, 6) is -0.108. The number of hydrogen-bond donors (Lipinski definition) is 0. The molecule has 0 saturated carbocycles. The normalized spacial score (nSPS) is 15.5. The summed E-state index contributed by atoms with van der Waals surface area (Å²) in [5.41, 5.74) is 1.33. The predicted molar refractivity (Wildman–Crippen MR) is 103 cm³/mol. The number of para-hydroxylation sites is 1. The van der Waals surface area contributed by atoms with Gasteiger partial charge in [-0.25, -0.2) is 9.37 Å². The summed E-state index contributed by atoms with van der Waals surface area (Å²) in [7, 11) is 0. The molecular formula is C20H18ClFN2OS. The molecule has 1 amide bonds. The number of benzene rings is 2. The van der Waals surface area contributed by atoms with E-state index in [2.05, 4.69) is 6.07 Å². The lowest BCUT2D eigenvalue weighted by atomic mass is 9.97.